The van der Waals surface area contributed by atoms with Gasteiger partial charge in [0.25, 0.3) is 5.69 Å². The zero-order chi connectivity index (χ0) is 29.4. The summed E-state index contributed by atoms with van der Waals surface area (Å²) in [5, 5.41) is 29.4. The number of nitrogens with one attached hydrogen (secondary N) is 2. The minimum atomic E-state index is -0.622. The maximum atomic E-state index is 13.4. The molecule has 8 N–H and O–H groups in total. The summed E-state index contributed by atoms with van der Waals surface area (Å²) in [4.78, 5) is 41.5. The molecule has 40 heavy (non-hydrogen) atoms. The topological polar surface area (TPSA) is 233 Å². The zero-order valence-corrected chi connectivity index (χ0v) is 21.8. The number of nitrogens with zero attached hydrogens (tertiary/aromatic N) is 5. The molecule has 1 aromatic heterocycles. The molecule has 0 fully saturated rings. The van der Waals surface area contributed by atoms with Crippen molar-refractivity contribution in [3.63, 3.8) is 0 Å². The molecule has 2 aromatic carbocycles. The minimum absolute atomic E-state index is 0.0128. The number of amidine groups is 1. The van der Waals surface area contributed by atoms with Crippen LogP contribution in [0.2, 0.25) is 0 Å². The van der Waals surface area contributed by atoms with Gasteiger partial charge in [0.2, 0.25) is 0 Å². The zero-order valence-electron chi connectivity index (χ0n) is 21.8. The number of nitriles is 1. The van der Waals surface area contributed by atoms with Gasteiger partial charge in [0.15, 0.2) is 5.84 Å². The van der Waals surface area contributed by atoms with Gasteiger partial charge in [-0.25, -0.2) is 4.98 Å². The van der Waals surface area contributed by atoms with Crippen LogP contribution in [0.15, 0.2) is 58.6 Å². The third kappa shape index (κ3) is 7.07. The molecule has 0 aliphatic heterocycles. The Kier molecular flexibility index (Phi) is 9.32. The van der Waals surface area contributed by atoms with Gasteiger partial charge in [0.1, 0.15) is 0 Å². The number of nitrogens with two attached hydrogens (primary N) is 3. The second-order valence-electron chi connectivity index (χ2n) is 8.92. The van der Waals surface area contributed by atoms with Crippen LogP contribution in [0.1, 0.15) is 30.5 Å². The van der Waals surface area contributed by atoms with Gasteiger partial charge in [-0.3, -0.25) is 10.1 Å². The van der Waals surface area contributed by atoms with Crippen molar-refractivity contribution >= 4 is 35.8 Å². The third-order valence-corrected chi connectivity index (χ3v) is 5.64. The van der Waals surface area contributed by atoms with Crippen LogP contribution in [0.25, 0.3) is 11.3 Å². The van der Waals surface area contributed by atoms with Crippen LogP contribution in [-0.4, -0.2) is 44.8 Å². The van der Waals surface area contributed by atoms with E-state index in [0.29, 0.717) is 11.2 Å². The number of amides is 1. The average molecular weight is 542 g/mol. The Morgan fingerprint density at radius 2 is 1.93 bits per heavy atom. The van der Waals surface area contributed by atoms with E-state index in [-0.39, 0.29) is 46.7 Å². The summed E-state index contributed by atoms with van der Waals surface area (Å²) in [5.41, 5.74) is 12.9. The first-order chi connectivity index (χ1) is 19.0. The SMILES string of the molecule is CC(C)Nc1ncc(-c2cc(/C(N)=N/N)cc([N+](=O)[O-])c2)n(CC(=O)NCc2ccc(C(N)=BC#N)cc2)c1=O. The van der Waals surface area contributed by atoms with E-state index < -0.39 is 22.9 Å². The van der Waals surface area contributed by atoms with Crippen molar-refractivity contribution in [2.75, 3.05) is 5.32 Å². The molecule has 204 valence electrons. The third-order valence-electron chi connectivity index (χ3n) is 5.64. The van der Waals surface area contributed by atoms with Crippen molar-refractivity contribution < 1.29 is 9.72 Å². The molecule has 0 atom stereocenters. The first-order valence-corrected chi connectivity index (χ1v) is 11.9. The van der Waals surface area contributed by atoms with Crippen molar-refractivity contribution in [2.24, 2.45) is 22.4 Å². The van der Waals surface area contributed by atoms with Crippen molar-refractivity contribution in [2.45, 2.75) is 33.0 Å². The van der Waals surface area contributed by atoms with Gasteiger partial charge >= 0.3 is 132 Å². The van der Waals surface area contributed by atoms with Gasteiger partial charge in [-0.1, -0.05) is 0 Å². The molecule has 0 bridgehead atoms. The fourth-order valence-electron chi connectivity index (χ4n) is 3.70. The van der Waals surface area contributed by atoms with Crippen LogP contribution in [0, 0.1) is 21.3 Å². The first kappa shape index (κ1) is 29.0. The Hall–Kier alpha value is -5.52. The normalized spacial score (nSPS) is 11.4. The molecule has 0 saturated carbocycles. The Morgan fingerprint density at radius 3 is 2.52 bits per heavy atom. The number of hydrogen-bond acceptors (Lipinski definition) is 10. The number of hydrazone groups is 1. The van der Waals surface area contributed by atoms with Gasteiger partial charge in [-0.2, -0.15) is 5.10 Å². The van der Waals surface area contributed by atoms with Crippen molar-refractivity contribution in [3.05, 3.63) is 85.8 Å². The van der Waals surface area contributed by atoms with E-state index in [0.717, 1.165) is 5.56 Å². The number of non-ortho nitro benzene ring substituents is 1. The van der Waals surface area contributed by atoms with Gasteiger partial charge in [-0.15, -0.1) is 0 Å². The molecule has 3 aromatic rings. The fraction of sp³-hybridized carbons (Fsp3) is 0.200. The van der Waals surface area contributed by atoms with Crippen molar-refractivity contribution in [1.29, 1.82) is 5.26 Å². The number of aromatic nitrogens is 2. The number of nitro groups is 1. The summed E-state index contributed by atoms with van der Waals surface area (Å²) in [6.45, 7) is 4.62. The molecule has 0 aliphatic rings. The van der Waals surface area contributed by atoms with E-state index in [1.807, 2.05) is 19.8 Å². The van der Waals surface area contributed by atoms with E-state index in [9.17, 15) is 19.7 Å². The second-order valence-corrected chi connectivity index (χ2v) is 8.92. The number of nitro benzene ring substituents is 1. The second kappa shape index (κ2) is 12.8. The molecule has 1 amide bonds. The van der Waals surface area contributed by atoms with Gasteiger partial charge in [0.05, 0.1) is 4.92 Å². The maximum absolute atomic E-state index is 13.4. The summed E-state index contributed by atoms with van der Waals surface area (Å²) in [6, 6.07) is 10.7. The molecule has 14 nitrogen and oxygen atoms in total. The van der Waals surface area contributed by atoms with Crippen LogP contribution in [-0.2, 0) is 17.9 Å². The number of anilines is 1. The van der Waals surface area contributed by atoms with E-state index in [1.54, 1.807) is 24.3 Å². The summed E-state index contributed by atoms with van der Waals surface area (Å²) in [5.74, 6) is 6.50. The summed E-state index contributed by atoms with van der Waals surface area (Å²) < 4.78 is 1.17. The predicted octanol–water partition coefficient (Wildman–Crippen LogP) is 0.156. The van der Waals surface area contributed by atoms with Crippen molar-refractivity contribution in [3.8, 4) is 17.2 Å². The summed E-state index contributed by atoms with van der Waals surface area (Å²) in [6.07, 6.45) is 1.34. The van der Waals surface area contributed by atoms with Crippen LogP contribution < -0.4 is 33.5 Å². The Morgan fingerprint density at radius 1 is 1.23 bits per heavy atom. The molecule has 15 heteroatoms. The van der Waals surface area contributed by atoms with Crippen LogP contribution in [0.5, 0.6) is 0 Å². The Bertz CT molecular complexity index is 1590. The van der Waals surface area contributed by atoms with E-state index in [1.165, 1.54) is 35.9 Å². The summed E-state index contributed by atoms with van der Waals surface area (Å²) >= 11 is 0. The molecular formula is C25H27BN10O4. The Balaban J connectivity index is 1.97. The number of benzene rings is 2. The van der Waals surface area contributed by atoms with E-state index in [4.69, 9.17) is 22.6 Å². The molecule has 0 unspecified atom stereocenters. The Labute approximate surface area is 229 Å². The van der Waals surface area contributed by atoms with Gasteiger partial charge in [-0.05, 0) is 19.9 Å². The average Bonchev–Trinajstić information content (AvgIpc) is 2.93. The number of carbonyl (C=O) groups is 1. The van der Waals surface area contributed by atoms with E-state index >= 15 is 0 Å². The van der Waals surface area contributed by atoms with Gasteiger partial charge < -0.3 is 16.9 Å². The first-order valence-electron chi connectivity index (χ1n) is 11.9. The van der Waals surface area contributed by atoms with Crippen LogP contribution in [0.4, 0.5) is 11.5 Å². The molecule has 0 radical (unpaired) electrons. The quantitative estimate of drug-likeness (QED) is 0.0581. The molecule has 0 saturated heterocycles. The molecule has 0 aliphatic carbocycles. The standard InChI is InChI=1S/C25H27BN10O4/c1-14(2)33-24-25(38)35(12-21(37)31-10-15-3-5-16(6-4-15)22(28)26-13-27)20(11-32-24)17-7-18(23(29)34-30)9-19(8-17)36(39)40/h3-9,11,14H,10,12,28,30H2,1-2H3,(H2,29,34)(H,31,37)(H,32,33). The number of carbonyl (C=O) groups excluding carboxylic acids is 1. The van der Waals surface area contributed by atoms with Crippen LogP contribution in [0.3, 0.4) is 0 Å². The number of rotatable bonds is 10. The summed E-state index contributed by atoms with van der Waals surface area (Å²) in [7, 11) is 0. The molecule has 1 heterocycles. The monoisotopic (exact) mass is 542 g/mol. The molecule has 3 rings (SSSR count). The predicted molar refractivity (Wildman–Crippen MR) is 152 cm³/mol. The molecule has 0 spiro atoms. The van der Waals surface area contributed by atoms with Crippen molar-refractivity contribution in [1.82, 2.24) is 14.9 Å². The van der Waals surface area contributed by atoms with Gasteiger partial charge in [0, 0.05) is 23.7 Å². The fourth-order valence-corrected chi connectivity index (χ4v) is 3.70. The molecular weight excluding hydrogens is 515 g/mol. The van der Waals surface area contributed by atoms with Crippen LogP contribution >= 0.6 is 0 Å². The number of hydrogen-bond donors (Lipinski definition) is 5. The van der Waals surface area contributed by atoms with E-state index in [2.05, 4.69) is 20.7 Å².